The van der Waals surface area contributed by atoms with Gasteiger partial charge < -0.3 is 0 Å². The molecule has 5 heavy (non-hydrogen) atoms. The summed E-state index contributed by atoms with van der Waals surface area (Å²) in [6, 6.07) is 0. The maximum Gasteiger partial charge on any atom is 4.00 e. The largest absolute Gasteiger partial charge is 4.00 e. The Hall–Kier alpha value is 2.39. The molecule has 0 aromatic rings. The Morgan fingerprint density at radius 2 is 0.400 bits per heavy atom. The van der Waals surface area contributed by atoms with Gasteiger partial charge in [-0.3, -0.25) is 0 Å². The van der Waals surface area contributed by atoms with Crippen LogP contribution < -0.4 is 0 Å². The predicted molar refractivity (Wildman–Crippen MR) is 45.5 cm³/mol. The van der Waals surface area contributed by atoms with Crippen molar-refractivity contribution >= 4 is 81.4 Å². The fourth-order valence-corrected chi connectivity index (χ4v) is 0. The first-order valence-electron chi connectivity index (χ1n) is 0. The van der Waals surface area contributed by atoms with Crippen LogP contribution in [-0.2, 0) is 0 Å². The van der Waals surface area contributed by atoms with Gasteiger partial charge >= 0.3 is 81.4 Å². The normalized spacial score (nSPS) is 0. The molecule has 0 heterocycles. The molecule has 0 amide bonds. The van der Waals surface area contributed by atoms with E-state index in [9.17, 15) is 0 Å². The van der Waals surface area contributed by atoms with Crippen LogP contribution in [0.5, 0.6) is 0 Å². The molecule has 0 N–H and O–H groups in total. The van der Waals surface area contributed by atoms with Gasteiger partial charge in [0.1, 0.15) is 0 Å². The molecule has 0 aliphatic heterocycles. The summed E-state index contributed by atoms with van der Waals surface area (Å²) in [5.74, 6) is 0. The van der Waals surface area contributed by atoms with Crippen molar-refractivity contribution in [3.8, 4) is 0 Å². The molecule has 0 spiro atoms. The van der Waals surface area contributed by atoms with Crippen molar-refractivity contribution in [2.24, 2.45) is 0 Å². The average Bonchev–Trinajstić information content (AvgIpc) is 0. The molecular weight excluding hydrogens is 319 g/mol. The zero-order valence-corrected chi connectivity index (χ0v) is 22.3. The Balaban J connectivity index is 0. The molecule has 0 nitrogen and oxygen atoms in total. The number of rotatable bonds is 0. The van der Waals surface area contributed by atoms with Crippen LogP contribution in [0, 0.1) is 0 Å². The Bertz CT molecular complexity index is 3.61. The summed E-state index contributed by atoms with van der Waals surface area (Å²) in [5, 5.41) is 0. The maximum absolute atomic E-state index is 0. The number of hydrogen-bond acceptors (Lipinski definition) is 0. The fourth-order valence-electron chi connectivity index (χ4n) is 0. The van der Waals surface area contributed by atoms with E-state index in [1.165, 1.54) is 0 Å². The minimum Gasteiger partial charge on any atom is 4.00 e. The maximum atomic E-state index is 0. The SMILES string of the molecule is [GeH3-].[GeH3-].[GeH3-].[GeH3-].[Si+4]. The summed E-state index contributed by atoms with van der Waals surface area (Å²) in [6.45, 7) is 0. The monoisotopic (exact) mass is 336 g/mol. The van der Waals surface area contributed by atoms with E-state index in [2.05, 4.69) is 0 Å². The van der Waals surface area contributed by atoms with E-state index in [4.69, 9.17) is 0 Å². The Morgan fingerprint density at radius 1 is 0.400 bits per heavy atom. The first-order chi connectivity index (χ1) is 0. The van der Waals surface area contributed by atoms with Crippen molar-refractivity contribution < 1.29 is 0 Å². The van der Waals surface area contributed by atoms with Crippen LogP contribution in [0.3, 0.4) is 0 Å². The summed E-state index contributed by atoms with van der Waals surface area (Å²) >= 11 is 0. The van der Waals surface area contributed by atoms with Crippen LogP contribution in [0.25, 0.3) is 0 Å². The third-order valence-corrected chi connectivity index (χ3v) is 0. The molecule has 0 aromatic heterocycles. The van der Waals surface area contributed by atoms with E-state index in [1.807, 2.05) is 0 Å². The molecule has 0 radical (unpaired) electrons. The van der Waals surface area contributed by atoms with E-state index >= 15 is 0 Å². The molecule has 32 valence electrons. The van der Waals surface area contributed by atoms with Gasteiger partial charge in [0.25, 0.3) is 0 Å². The van der Waals surface area contributed by atoms with Gasteiger partial charge in [-0.2, -0.15) is 0 Å². The van der Waals surface area contributed by atoms with Gasteiger partial charge in [0.05, 0.1) is 0 Å². The minimum absolute atomic E-state index is 0. The molecule has 0 saturated carbocycles. The van der Waals surface area contributed by atoms with Crippen molar-refractivity contribution in [2.45, 2.75) is 0 Å². The molecule has 0 aromatic carbocycles. The van der Waals surface area contributed by atoms with Gasteiger partial charge in [0, 0.05) is 0 Å². The van der Waals surface area contributed by atoms with E-state index in [1.54, 1.807) is 0 Å². The van der Waals surface area contributed by atoms with Crippen LogP contribution in [0.15, 0.2) is 0 Å². The van der Waals surface area contributed by atoms with E-state index in [0.29, 0.717) is 0 Å². The van der Waals surface area contributed by atoms with Gasteiger partial charge in [-0.25, -0.2) is 0 Å². The smallest absolute Gasteiger partial charge is 4.00 e. The standard InChI is InChI=1S/4GeH3.Si/h4*1H3;/q4*-1;+4. The second-order valence-electron chi connectivity index (χ2n) is 0. The second-order valence-corrected chi connectivity index (χ2v) is 0. The van der Waals surface area contributed by atoms with Gasteiger partial charge in [-0.15, -0.1) is 0 Å². The summed E-state index contributed by atoms with van der Waals surface area (Å²) in [6.07, 6.45) is 0. The molecule has 0 atom stereocenters. The van der Waals surface area contributed by atoms with Crippen LogP contribution in [-0.4, -0.2) is 81.4 Å². The fraction of sp³-hybridized carbons (Fsp3) is 0. The van der Waals surface area contributed by atoms with Crippen molar-refractivity contribution in [3.63, 3.8) is 0 Å². The summed E-state index contributed by atoms with van der Waals surface area (Å²) < 4.78 is 0. The second kappa shape index (κ2) is 32.5. The topological polar surface area (TPSA) is 0 Å². The quantitative estimate of drug-likeness (QED) is 0.390. The molecule has 5 heteroatoms. The molecule has 0 aliphatic rings. The van der Waals surface area contributed by atoms with Crippen LogP contribution in [0.2, 0.25) is 0 Å². The zero-order chi connectivity index (χ0) is 0. The first-order valence-corrected chi connectivity index (χ1v) is 0. The van der Waals surface area contributed by atoms with Crippen LogP contribution in [0.1, 0.15) is 0 Å². The molecule has 0 bridgehead atoms. The molecule has 0 fully saturated rings. The Labute approximate surface area is 80.5 Å². The zero-order valence-electron chi connectivity index (χ0n) is 4.50. The van der Waals surface area contributed by atoms with Gasteiger partial charge in [-0.1, -0.05) is 0 Å². The summed E-state index contributed by atoms with van der Waals surface area (Å²) in [7, 11) is 0. The molecule has 0 aliphatic carbocycles. The molecule has 0 saturated heterocycles. The van der Waals surface area contributed by atoms with Crippen molar-refractivity contribution in [1.29, 1.82) is 0 Å². The number of hydrogen-bond donors (Lipinski definition) is 0. The van der Waals surface area contributed by atoms with Crippen molar-refractivity contribution in [2.75, 3.05) is 0 Å². The average molecular weight is 331 g/mol. The molecular formula is H12Ge4Si. The van der Waals surface area contributed by atoms with E-state index in [-0.39, 0.29) is 81.4 Å². The predicted octanol–water partition coefficient (Wildman–Crippen LogP) is -5.12. The third kappa shape index (κ3) is 21.6. The van der Waals surface area contributed by atoms with Crippen molar-refractivity contribution in [1.82, 2.24) is 0 Å². The van der Waals surface area contributed by atoms with E-state index < -0.39 is 0 Å². The van der Waals surface area contributed by atoms with Crippen LogP contribution >= 0.6 is 0 Å². The van der Waals surface area contributed by atoms with Gasteiger partial charge in [0.2, 0.25) is 0 Å². The molecule has 0 rings (SSSR count). The van der Waals surface area contributed by atoms with Gasteiger partial charge in [0.15, 0.2) is 0 Å². The first kappa shape index (κ1) is 52.9. The van der Waals surface area contributed by atoms with Crippen molar-refractivity contribution in [3.05, 3.63) is 0 Å². The van der Waals surface area contributed by atoms with E-state index in [0.717, 1.165) is 0 Å². The Kier molecular flexibility index (Phi) is 344. The summed E-state index contributed by atoms with van der Waals surface area (Å²) in [5.41, 5.74) is 0. The minimum atomic E-state index is 0. The van der Waals surface area contributed by atoms with Crippen LogP contribution in [0.4, 0.5) is 0 Å². The third-order valence-electron chi connectivity index (χ3n) is 0. The Morgan fingerprint density at radius 3 is 0.400 bits per heavy atom. The van der Waals surface area contributed by atoms with Gasteiger partial charge in [-0.05, 0) is 0 Å². The molecule has 0 unspecified atom stereocenters. The summed E-state index contributed by atoms with van der Waals surface area (Å²) in [4.78, 5) is 0.